The predicted molar refractivity (Wildman–Crippen MR) is 79.6 cm³/mol. The molecule has 4 nitrogen and oxygen atoms in total. The molecule has 0 fully saturated rings. The molecule has 2 amide bonds. The second-order valence-electron chi connectivity index (χ2n) is 5.90. The summed E-state index contributed by atoms with van der Waals surface area (Å²) < 4.78 is 0. The van der Waals surface area contributed by atoms with E-state index in [0.29, 0.717) is 18.9 Å². The molecule has 3 atom stereocenters. The topological polar surface area (TPSA) is 61.4 Å². The summed E-state index contributed by atoms with van der Waals surface area (Å²) >= 11 is 0. The van der Waals surface area contributed by atoms with Gasteiger partial charge in [-0.1, -0.05) is 30.7 Å². The highest BCUT2D eigenvalue weighted by molar-refractivity contribution is 5.74. The summed E-state index contributed by atoms with van der Waals surface area (Å²) in [5.41, 5.74) is 3.79. The zero-order chi connectivity index (χ0) is 14.7. The third-order valence-corrected chi connectivity index (χ3v) is 3.88. The van der Waals surface area contributed by atoms with Gasteiger partial charge < -0.3 is 15.7 Å². The molecular formula is C16H24N2O2. The number of nitrogens with one attached hydrogen (secondary N) is 2. The molecule has 0 bridgehead atoms. The lowest BCUT2D eigenvalue weighted by Gasteiger charge is -2.19. The summed E-state index contributed by atoms with van der Waals surface area (Å²) in [7, 11) is 0. The van der Waals surface area contributed by atoms with Crippen LogP contribution in [0.1, 0.15) is 43.0 Å². The van der Waals surface area contributed by atoms with E-state index in [1.807, 2.05) is 0 Å². The number of fused-ring (bicyclic) bond motifs is 1. The van der Waals surface area contributed by atoms with Gasteiger partial charge in [0.15, 0.2) is 0 Å². The van der Waals surface area contributed by atoms with E-state index in [-0.39, 0.29) is 18.2 Å². The van der Waals surface area contributed by atoms with Gasteiger partial charge in [-0.2, -0.15) is 0 Å². The monoisotopic (exact) mass is 276 g/mol. The van der Waals surface area contributed by atoms with Gasteiger partial charge in [-0.05, 0) is 43.7 Å². The van der Waals surface area contributed by atoms with E-state index >= 15 is 0 Å². The number of hydrogen-bond acceptors (Lipinski definition) is 2. The first-order valence-electron chi connectivity index (χ1n) is 7.29. The predicted octanol–water partition coefficient (Wildman–Crippen LogP) is 2.30. The lowest BCUT2D eigenvalue weighted by Crippen LogP contribution is -2.40. The van der Waals surface area contributed by atoms with E-state index in [4.69, 9.17) is 0 Å². The quantitative estimate of drug-likeness (QED) is 0.790. The average molecular weight is 276 g/mol. The van der Waals surface area contributed by atoms with E-state index in [1.54, 1.807) is 6.92 Å². The van der Waals surface area contributed by atoms with Crippen molar-refractivity contribution in [3.05, 3.63) is 34.9 Å². The molecule has 0 unspecified atom stereocenters. The molecule has 1 aromatic carbocycles. The molecule has 0 radical (unpaired) electrons. The molecule has 4 heteroatoms. The maximum atomic E-state index is 11.9. The Morgan fingerprint density at radius 1 is 1.50 bits per heavy atom. The van der Waals surface area contributed by atoms with Gasteiger partial charge in [0.2, 0.25) is 0 Å². The van der Waals surface area contributed by atoms with Crippen molar-refractivity contribution in [3.63, 3.8) is 0 Å². The maximum Gasteiger partial charge on any atom is 0.315 e. The van der Waals surface area contributed by atoms with E-state index in [1.165, 1.54) is 16.7 Å². The largest absolute Gasteiger partial charge is 0.393 e. The van der Waals surface area contributed by atoms with Crippen molar-refractivity contribution in [2.75, 3.05) is 6.54 Å². The molecule has 0 spiro atoms. The fourth-order valence-electron chi connectivity index (χ4n) is 2.77. The standard InChI is InChI=1S/C16H24N2O2/c1-10-4-5-13-9-11(2)15(14(13)8-10)18-16(20)17-7-6-12(3)19/h4-5,8,11-12,15,19H,6-7,9H2,1-3H3,(H2,17,18,20)/t11-,12-,15-/m1/s1. The summed E-state index contributed by atoms with van der Waals surface area (Å²) in [4.78, 5) is 11.9. The number of urea groups is 1. The normalized spacial score (nSPS) is 22.2. The highest BCUT2D eigenvalue weighted by Crippen LogP contribution is 2.36. The second-order valence-corrected chi connectivity index (χ2v) is 5.90. The molecule has 1 aliphatic carbocycles. The molecule has 0 aromatic heterocycles. The first kappa shape index (κ1) is 14.9. The van der Waals surface area contributed by atoms with Crippen LogP contribution in [0, 0.1) is 12.8 Å². The lowest BCUT2D eigenvalue weighted by molar-refractivity contribution is 0.183. The van der Waals surface area contributed by atoms with Crippen LogP contribution in [0.15, 0.2) is 18.2 Å². The van der Waals surface area contributed by atoms with Crippen molar-refractivity contribution in [1.29, 1.82) is 0 Å². The van der Waals surface area contributed by atoms with Gasteiger partial charge in [-0.25, -0.2) is 4.79 Å². The number of aliphatic hydroxyl groups is 1. The molecule has 1 aromatic rings. The Morgan fingerprint density at radius 3 is 2.95 bits per heavy atom. The molecule has 3 N–H and O–H groups in total. The molecule has 2 rings (SSSR count). The fraction of sp³-hybridized carbons (Fsp3) is 0.562. The first-order valence-corrected chi connectivity index (χ1v) is 7.29. The Labute approximate surface area is 120 Å². The van der Waals surface area contributed by atoms with Gasteiger partial charge in [-0.3, -0.25) is 0 Å². The number of carbonyl (C=O) groups excluding carboxylic acids is 1. The van der Waals surface area contributed by atoms with Crippen molar-refractivity contribution < 1.29 is 9.90 Å². The highest BCUT2D eigenvalue weighted by Gasteiger charge is 2.30. The van der Waals surface area contributed by atoms with Crippen LogP contribution in [0.4, 0.5) is 4.79 Å². The molecule has 110 valence electrons. The number of hydrogen-bond donors (Lipinski definition) is 3. The molecule has 20 heavy (non-hydrogen) atoms. The summed E-state index contributed by atoms with van der Waals surface area (Å²) in [6, 6.07) is 6.37. The number of benzene rings is 1. The van der Waals surface area contributed by atoms with Gasteiger partial charge in [0.25, 0.3) is 0 Å². The molecule has 0 saturated heterocycles. The van der Waals surface area contributed by atoms with E-state index in [0.717, 1.165) is 6.42 Å². The Kier molecular flexibility index (Phi) is 4.65. The highest BCUT2D eigenvalue weighted by atomic mass is 16.3. The van der Waals surface area contributed by atoms with Crippen LogP contribution in [-0.4, -0.2) is 23.8 Å². The molecule has 0 saturated carbocycles. The maximum absolute atomic E-state index is 11.9. The van der Waals surface area contributed by atoms with Crippen LogP contribution in [0.3, 0.4) is 0 Å². The zero-order valence-electron chi connectivity index (χ0n) is 12.4. The van der Waals surface area contributed by atoms with E-state index < -0.39 is 0 Å². The average Bonchev–Trinajstić information content (AvgIpc) is 2.65. The minimum absolute atomic E-state index is 0.0800. The fourth-order valence-corrected chi connectivity index (χ4v) is 2.77. The van der Waals surface area contributed by atoms with Crippen LogP contribution in [0.5, 0.6) is 0 Å². The number of carbonyl (C=O) groups is 1. The second kappa shape index (κ2) is 6.27. The van der Waals surface area contributed by atoms with E-state index in [9.17, 15) is 9.90 Å². The van der Waals surface area contributed by atoms with Crippen molar-refractivity contribution >= 4 is 6.03 Å². The first-order chi connectivity index (χ1) is 9.47. The minimum atomic E-state index is -0.385. The van der Waals surface area contributed by atoms with Crippen molar-refractivity contribution in [3.8, 4) is 0 Å². The van der Waals surface area contributed by atoms with Crippen molar-refractivity contribution in [2.24, 2.45) is 5.92 Å². The third-order valence-electron chi connectivity index (χ3n) is 3.88. The van der Waals surface area contributed by atoms with Gasteiger partial charge in [0, 0.05) is 6.54 Å². The smallest absolute Gasteiger partial charge is 0.315 e. The molecular weight excluding hydrogens is 252 g/mol. The molecule has 0 heterocycles. The minimum Gasteiger partial charge on any atom is -0.393 e. The van der Waals surface area contributed by atoms with Crippen molar-refractivity contribution in [1.82, 2.24) is 10.6 Å². The number of aryl methyl sites for hydroxylation is 1. The van der Waals surface area contributed by atoms with Gasteiger partial charge in [0.05, 0.1) is 12.1 Å². The van der Waals surface area contributed by atoms with Gasteiger partial charge in [-0.15, -0.1) is 0 Å². The van der Waals surface area contributed by atoms with Crippen LogP contribution in [-0.2, 0) is 6.42 Å². The SMILES string of the molecule is Cc1ccc2c(c1)[C@H](NC(=O)NCC[C@@H](C)O)[C@H](C)C2. The van der Waals surface area contributed by atoms with Crippen LogP contribution in [0.25, 0.3) is 0 Å². The van der Waals surface area contributed by atoms with Crippen LogP contribution in [0.2, 0.25) is 0 Å². The van der Waals surface area contributed by atoms with Crippen molar-refractivity contribution in [2.45, 2.75) is 45.8 Å². The summed E-state index contributed by atoms with van der Waals surface area (Å²) in [5, 5.41) is 15.0. The van der Waals surface area contributed by atoms with E-state index in [2.05, 4.69) is 42.7 Å². The summed E-state index contributed by atoms with van der Waals surface area (Å²) in [5.74, 6) is 0.411. The Balaban J connectivity index is 1.96. The Bertz CT molecular complexity index is 485. The number of amides is 2. The molecule has 1 aliphatic rings. The lowest BCUT2D eigenvalue weighted by atomic mass is 10.0. The van der Waals surface area contributed by atoms with Crippen LogP contribution >= 0.6 is 0 Å². The number of rotatable bonds is 4. The summed E-state index contributed by atoms with van der Waals surface area (Å²) in [6.45, 7) is 6.45. The molecule has 0 aliphatic heterocycles. The number of aliphatic hydroxyl groups excluding tert-OH is 1. The Morgan fingerprint density at radius 2 is 2.25 bits per heavy atom. The Hall–Kier alpha value is -1.55. The third kappa shape index (κ3) is 3.51. The summed E-state index contributed by atoms with van der Waals surface area (Å²) in [6.07, 6.45) is 1.20. The van der Waals surface area contributed by atoms with Crippen LogP contribution < -0.4 is 10.6 Å². The van der Waals surface area contributed by atoms with Gasteiger partial charge in [0.1, 0.15) is 0 Å². The van der Waals surface area contributed by atoms with Gasteiger partial charge >= 0.3 is 6.03 Å². The zero-order valence-corrected chi connectivity index (χ0v) is 12.4.